The summed E-state index contributed by atoms with van der Waals surface area (Å²) in [5.74, 6) is -0.0690. The third-order valence-corrected chi connectivity index (χ3v) is 4.19. The highest BCUT2D eigenvalue weighted by Crippen LogP contribution is 2.30. The lowest BCUT2D eigenvalue weighted by atomic mass is 10.0. The van der Waals surface area contributed by atoms with Crippen molar-refractivity contribution in [2.24, 2.45) is 11.7 Å². The van der Waals surface area contributed by atoms with E-state index in [9.17, 15) is 4.79 Å². The van der Waals surface area contributed by atoms with Crippen LogP contribution in [0.1, 0.15) is 36.8 Å². The van der Waals surface area contributed by atoms with Crippen LogP contribution in [0.25, 0.3) is 0 Å². The Labute approximate surface area is 106 Å². The van der Waals surface area contributed by atoms with Gasteiger partial charge in [-0.25, -0.2) is 4.98 Å². The van der Waals surface area contributed by atoms with Gasteiger partial charge in [-0.3, -0.25) is 4.79 Å². The number of amides is 1. The summed E-state index contributed by atoms with van der Waals surface area (Å²) in [6, 6.07) is 0. The molecule has 1 heterocycles. The van der Waals surface area contributed by atoms with E-state index in [1.807, 2.05) is 0 Å². The summed E-state index contributed by atoms with van der Waals surface area (Å²) in [4.78, 5) is 17.7. The number of nitrogens with one attached hydrogen (secondary N) is 1. The van der Waals surface area contributed by atoms with E-state index in [1.54, 1.807) is 11.3 Å². The maximum Gasteiger partial charge on any atom is 0.230 e. The van der Waals surface area contributed by atoms with Crippen molar-refractivity contribution in [1.29, 1.82) is 0 Å². The van der Waals surface area contributed by atoms with E-state index in [2.05, 4.69) is 17.2 Å². The van der Waals surface area contributed by atoms with E-state index < -0.39 is 0 Å². The van der Waals surface area contributed by atoms with E-state index in [0.717, 1.165) is 30.8 Å². The molecule has 1 amide bonds. The van der Waals surface area contributed by atoms with Gasteiger partial charge in [-0.05, 0) is 25.7 Å². The zero-order valence-corrected chi connectivity index (χ0v) is 11.0. The Morgan fingerprint density at radius 2 is 2.41 bits per heavy atom. The van der Waals surface area contributed by atoms with Crippen LogP contribution in [0.3, 0.4) is 0 Å². The molecule has 0 aromatic carbocycles. The van der Waals surface area contributed by atoms with Gasteiger partial charge in [0.1, 0.15) is 0 Å². The summed E-state index contributed by atoms with van der Waals surface area (Å²) in [5.41, 5.74) is 6.78. The molecule has 94 valence electrons. The highest BCUT2D eigenvalue weighted by molar-refractivity contribution is 7.15. The number of anilines is 1. The van der Waals surface area contributed by atoms with Gasteiger partial charge in [0.05, 0.1) is 11.6 Å². The molecule has 0 spiro atoms. The van der Waals surface area contributed by atoms with E-state index in [-0.39, 0.29) is 11.8 Å². The third kappa shape index (κ3) is 2.84. The minimum absolute atomic E-state index is 0.0155. The fraction of sp³-hybridized carbons (Fsp3) is 0.667. The Morgan fingerprint density at radius 3 is 3.06 bits per heavy atom. The lowest BCUT2D eigenvalue weighted by Crippen LogP contribution is -2.29. The summed E-state index contributed by atoms with van der Waals surface area (Å²) in [6.45, 7) is 2.47. The number of nitrogens with zero attached hydrogens (tertiary/aromatic N) is 1. The quantitative estimate of drug-likeness (QED) is 0.842. The Balaban J connectivity index is 1.97. The van der Waals surface area contributed by atoms with Crippen LogP contribution in [0.4, 0.5) is 5.13 Å². The molecule has 0 radical (unpaired) electrons. The molecule has 0 bridgehead atoms. The SMILES string of the molecule is CCCC(CN)C(=O)Nc1nc2c(s1)CCC2. The normalized spacial score (nSPS) is 15.6. The van der Waals surface area contributed by atoms with Crippen molar-refractivity contribution >= 4 is 22.4 Å². The average molecular weight is 253 g/mol. The zero-order valence-electron chi connectivity index (χ0n) is 10.2. The van der Waals surface area contributed by atoms with Crippen molar-refractivity contribution in [3.63, 3.8) is 0 Å². The Hall–Kier alpha value is -0.940. The van der Waals surface area contributed by atoms with Gasteiger partial charge in [0.2, 0.25) is 5.91 Å². The van der Waals surface area contributed by atoms with Crippen molar-refractivity contribution in [3.8, 4) is 0 Å². The largest absolute Gasteiger partial charge is 0.330 e. The molecule has 2 rings (SSSR count). The molecule has 0 fully saturated rings. The molecular weight excluding hydrogens is 234 g/mol. The van der Waals surface area contributed by atoms with Crippen molar-refractivity contribution < 1.29 is 4.79 Å². The molecule has 0 saturated heterocycles. The first kappa shape index (κ1) is 12.5. The van der Waals surface area contributed by atoms with E-state index in [0.29, 0.717) is 6.54 Å². The number of carbonyl (C=O) groups excluding carboxylic acids is 1. The predicted molar refractivity (Wildman–Crippen MR) is 70.2 cm³/mol. The Bertz CT molecular complexity index is 381. The number of carbonyl (C=O) groups is 1. The van der Waals surface area contributed by atoms with Gasteiger partial charge in [-0.2, -0.15) is 0 Å². The Kier molecular flexibility index (Phi) is 4.12. The summed E-state index contributed by atoms with van der Waals surface area (Å²) < 4.78 is 0. The van der Waals surface area contributed by atoms with Gasteiger partial charge >= 0.3 is 0 Å². The molecule has 4 nitrogen and oxygen atoms in total. The van der Waals surface area contributed by atoms with Crippen LogP contribution in [0.2, 0.25) is 0 Å². The molecule has 1 aromatic rings. The van der Waals surface area contributed by atoms with Crippen molar-refractivity contribution in [2.75, 3.05) is 11.9 Å². The highest BCUT2D eigenvalue weighted by Gasteiger charge is 2.20. The molecule has 1 aliphatic rings. The number of aryl methyl sites for hydroxylation is 2. The van der Waals surface area contributed by atoms with E-state index in [1.165, 1.54) is 17.0 Å². The molecule has 5 heteroatoms. The lowest BCUT2D eigenvalue weighted by molar-refractivity contribution is -0.119. The third-order valence-electron chi connectivity index (χ3n) is 3.12. The van der Waals surface area contributed by atoms with Gasteiger partial charge < -0.3 is 11.1 Å². The van der Waals surface area contributed by atoms with Gasteiger partial charge in [-0.1, -0.05) is 13.3 Å². The summed E-state index contributed by atoms with van der Waals surface area (Å²) in [6.07, 6.45) is 5.18. The number of hydrogen-bond acceptors (Lipinski definition) is 4. The van der Waals surface area contributed by atoms with Gasteiger partial charge in [0, 0.05) is 11.4 Å². The summed E-state index contributed by atoms with van der Waals surface area (Å²) >= 11 is 1.61. The van der Waals surface area contributed by atoms with Crippen LogP contribution in [0.15, 0.2) is 0 Å². The molecule has 3 N–H and O–H groups in total. The fourth-order valence-corrected chi connectivity index (χ4v) is 3.21. The maximum absolute atomic E-state index is 11.9. The molecule has 1 aromatic heterocycles. The van der Waals surface area contributed by atoms with Gasteiger partial charge in [0.15, 0.2) is 5.13 Å². The number of thiazole rings is 1. The zero-order chi connectivity index (χ0) is 12.3. The van der Waals surface area contributed by atoms with Crippen LogP contribution in [-0.4, -0.2) is 17.4 Å². The standard InChI is InChI=1S/C12H19N3OS/c1-2-4-8(7-13)11(16)15-12-14-9-5-3-6-10(9)17-12/h8H,2-7,13H2,1H3,(H,14,15,16). The maximum atomic E-state index is 11.9. The molecule has 1 atom stereocenters. The number of nitrogens with two attached hydrogens (primary N) is 1. The fourth-order valence-electron chi connectivity index (χ4n) is 2.16. The summed E-state index contributed by atoms with van der Waals surface area (Å²) in [5, 5.41) is 3.64. The van der Waals surface area contributed by atoms with Crippen molar-refractivity contribution in [2.45, 2.75) is 39.0 Å². The van der Waals surface area contributed by atoms with Crippen LogP contribution in [0, 0.1) is 5.92 Å². The first-order chi connectivity index (χ1) is 8.24. The smallest absolute Gasteiger partial charge is 0.230 e. The molecule has 1 aliphatic carbocycles. The number of fused-ring (bicyclic) bond motifs is 1. The average Bonchev–Trinajstić information content (AvgIpc) is 2.85. The van der Waals surface area contributed by atoms with Crippen molar-refractivity contribution in [1.82, 2.24) is 4.98 Å². The minimum atomic E-state index is -0.0845. The van der Waals surface area contributed by atoms with Crippen LogP contribution in [0.5, 0.6) is 0 Å². The first-order valence-corrected chi connectivity index (χ1v) is 7.05. The van der Waals surface area contributed by atoms with Crippen LogP contribution in [-0.2, 0) is 17.6 Å². The van der Waals surface area contributed by atoms with Gasteiger partial charge in [-0.15, -0.1) is 11.3 Å². The van der Waals surface area contributed by atoms with E-state index in [4.69, 9.17) is 5.73 Å². The second-order valence-corrected chi connectivity index (χ2v) is 5.54. The number of hydrogen-bond donors (Lipinski definition) is 2. The van der Waals surface area contributed by atoms with E-state index >= 15 is 0 Å². The number of rotatable bonds is 5. The Morgan fingerprint density at radius 1 is 1.59 bits per heavy atom. The van der Waals surface area contributed by atoms with Crippen LogP contribution >= 0.6 is 11.3 Å². The predicted octanol–water partition coefficient (Wildman–Crippen LogP) is 1.95. The number of aromatic nitrogens is 1. The van der Waals surface area contributed by atoms with Crippen molar-refractivity contribution in [3.05, 3.63) is 10.6 Å². The topological polar surface area (TPSA) is 68.0 Å². The summed E-state index contributed by atoms with van der Waals surface area (Å²) in [7, 11) is 0. The molecule has 17 heavy (non-hydrogen) atoms. The minimum Gasteiger partial charge on any atom is -0.330 e. The molecule has 1 unspecified atom stereocenters. The molecule has 0 saturated carbocycles. The lowest BCUT2D eigenvalue weighted by Gasteiger charge is -2.12. The second kappa shape index (κ2) is 5.60. The second-order valence-electron chi connectivity index (χ2n) is 4.45. The van der Waals surface area contributed by atoms with Crippen LogP contribution < -0.4 is 11.1 Å². The molecule has 0 aliphatic heterocycles. The highest BCUT2D eigenvalue weighted by atomic mass is 32.1. The first-order valence-electron chi connectivity index (χ1n) is 6.24. The van der Waals surface area contributed by atoms with Gasteiger partial charge in [0.25, 0.3) is 0 Å². The molecular formula is C12H19N3OS. The monoisotopic (exact) mass is 253 g/mol.